The summed E-state index contributed by atoms with van der Waals surface area (Å²) in [6, 6.07) is 8.55. The van der Waals surface area contributed by atoms with E-state index >= 15 is 0 Å². The van der Waals surface area contributed by atoms with E-state index in [1.165, 1.54) is 28.2 Å². The average Bonchev–Trinajstić information content (AvgIpc) is 3.23. The Morgan fingerprint density at radius 2 is 1.96 bits per heavy atom. The molecule has 0 bridgehead atoms. The molecule has 1 aromatic carbocycles. The smallest absolute Gasteiger partial charge is 0.158 e. The van der Waals surface area contributed by atoms with Crippen LogP contribution in [0.5, 0.6) is 0 Å². The minimum atomic E-state index is 0.230. The van der Waals surface area contributed by atoms with Gasteiger partial charge in [0.1, 0.15) is 12.0 Å². The molecule has 0 amide bonds. The maximum Gasteiger partial charge on any atom is 0.158 e. The number of nitrogens with zero attached hydrogens (tertiary/aromatic N) is 5. The second-order valence-electron chi connectivity index (χ2n) is 6.58. The highest BCUT2D eigenvalue weighted by Crippen LogP contribution is 2.46. The van der Waals surface area contributed by atoms with E-state index in [1.807, 2.05) is 24.7 Å². The SMILES string of the molecule is Cc1ccc2c(c1N1c3ncccc3N(C)[C@@H]1C)Cc1nccn1-2. The number of hydrogen-bond acceptors (Lipinski definition) is 4. The van der Waals surface area contributed by atoms with E-state index in [1.54, 1.807) is 0 Å². The van der Waals surface area contributed by atoms with Gasteiger partial charge in [0.05, 0.1) is 17.1 Å². The van der Waals surface area contributed by atoms with Crippen LogP contribution >= 0.6 is 0 Å². The summed E-state index contributed by atoms with van der Waals surface area (Å²) in [6.07, 6.45) is 6.90. The second-order valence-corrected chi connectivity index (χ2v) is 6.58. The molecule has 3 aromatic rings. The fraction of sp³-hybridized carbons (Fsp3) is 0.263. The van der Waals surface area contributed by atoms with Crippen molar-refractivity contribution in [3.05, 3.63) is 59.8 Å². The van der Waals surface area contributed by atoms with E-state index in [9.17, 15) is 0 Å². The zero-order valence-corrected chi connectivity index (χ0v) is 14.1. The van der Waals surface area contributed by atoms with Crippen molar-refractivity contribution in [3.63, 3.8) is 0 Å². The van der Waals surface area contributed by atoms with Gasteiger partial charge in [-0.1, -0.05) is 6.07 Å². The third-order valence-electron chi connectivity index (χ3n) is 5.32. The first-order valence-electron chi connectivity index (χ1n) is 8.29. The number of pyridine rings is 1. The molecule has 1 atom stereocenters. The van der Waals surface area contributed by atoms with Gasteiger partial charge in [-0.3, -0.25) is 0 Å². The fourth-order valence-electron chi connectivity index (χ4n) is 4.01. The van der Waals surface area contributed by atoms with Crippen LogP contribution in [0.15, 0.2) is 42.9 Å². The maximum absolute atomic E-state index is 4.68. The Balaban J connectivity index is 1.75. The second kappa shape index (κ2) is 4.60. The number of hydrogen-bond donors (Lipinski definition) is 0. The summed E-state index contributed by atoms with van der Waals surface area (Å²) < 4.78 is 2.20. The summed E-state index contributed by atoms with van der Waals surface area (Å²) in [5.74, 6) is 2.15. The first-order chi connectivity index (χ1) is 11.7. The molecule has 2 aliphatic rings. The van der Waals surface area contributed by atoms with Gasteiger partial charge < -0.3 is 14.4 Å². The molecule has 24 heavy (non-hydrogen) atoms. The van der Waals surface area contributed by atoms with Gasteiger partial charge in [-0.25, -0.2) is 9.97 Å². The molecule has 0 aliphatic carbocycles. The van der Waals surface area contributed by atoms with Crippen molar-refractivity contribution >= 4 is 17.2 Å². The molecule has 0 radical (unpaired) electrons. The van der Waals surface area contributed by atoms with E-state index < -0.39 is 0 Å². The van der Waals surface area contributed by atoms with E-state index in [0.29, 0.717) is 0 Å². The van der Waals surface area contributed by atoms with Gasteiger partial charge in [0.2, 0.25) is 0 Å². The van der Waals surface area contributed by atoms with Crippen LogP contribution in [0.3, 0.4) is 0 Å². The van der Waals surface area contributed by atoms with Crippen LogP contribution in [0, 0.1) is 6.92 Å². The monoisotopic (exact) mass is 317 g/mol. The lowest BCUT2D eigenvalue weighted by Gasteiger charge is -2.30. The number of rotatable bonds is 1. The highest BCUT2D eigenvalue weighted by Gasteiger charge is 2.36. The highest BCUT2D eigenvalue weighted by atomic mass is 15.4. The number of fused-ring (bicyclic) bond motifs is 4. The predicted molar refractivity (Wildman–Crippen MR) is 95.3 cm³/mol. The Labute approximate surface area is 141 Å². The molecule has 0 saturated carbocycles. The molecule has 2 aromatic heterocycles. The van der Waals surface area contributed by atoms with E-state index in [2.05, 4.69) is 63.4 Å². The van der Waals surface area contributed by atoms with Gasteiger partial charge in [0, 0.05) is 37.6 Å². The molecule has 4 heterocycles. The molecule has 5 nitrogen and oxygen atoms in total. The average molecular weight is 317 g/mol. The van der Waals surface area contributed by atoms with Crippen molar-refractivity contribution < 1.29 is 0 Å². The molecular formula is C19H19N5. The molecule has 2 aliphatic heterocycles. The highest BCUT2D eigenvalue weighted by molar-refractivity contribution is 5.84. The summed E-state index contributed by atoms with van der Waals surface area (Å²) in [6.45, 7) is 4.42. The number of aromatic nitrogens is 3. The Morgan fingerprint density at radius 3 is 2.83 bits per heavy atom. The van der Waals surface area contributed by atoms with Crippen molar-refractivity contribution in [3.8, 4) is 5.69 Å². The zero-order chi connectivity index (χ0) is 16.4. The summed E-state index contributed by atoms with van der Waals surface area (Å²) in [5, 5.41) is 0. The first-order valence-corrected chi connectivity index (χ1v) is 8.29. The summed E-state index contributed by atoms with van der Waals surface area (Å²) in [7, 11) is 2.13. The van der Waals surface area contributed by atoms with Crippen LogP contribution in [-0.4, -0.2) is 27.7 Å². The lowest BCUT2D eigenvalue weighted by molar-refractivity contribution is 0.727. The van der Waals surface area contributed by atoms with Crippen LogP contribution in [0.1, 0.15) is 23.9 Å². The van der Waals surface area contributed by atoms with Crippen LogP contribution in [0.2, 0.25) is 0 Å². The Morgan fingerprint density at radius 1 is 1.08 bits per heavy atom. The van der Waals surface area contributed by atoms with Gasteiger partial charge in [-0.2, -0.15) is 0 Å². The van der Waals surface area contributed by atoms with Crippen LogP contribution in [0.25, 0.3) is 5.69 Å². The predicted octanol–water partition coefficient (Wildman–Crippen LogP) is 3.41. The van der Waals surface area contributed by atoms with Gasteiger partial charge in [0.15, 0.2) is 5.82 Å². The van der Waals surface area contributed by atoms with Crippen LogP contribution in [-0.2, 0) is 6.42 Å². The van der Waals surface area contributed by atoms with Gasteiger partial charge >= 0.3 is 0 Å². The standard InChI is InChI=1S/C19H19N5/c1-12-6-7-15-14(11-17-20-9-10-23(15)17)18(12)24-13(2)22(3)16-5-4-8-21-19(16)24/h4-10,13H,11H2,1-3H3/t13-/m0/s1. The Kier molecular flexibility index (Phi) is 2.61. The number of benzene rings is 1. The summed E-state index contributed by atoms with van der Waals surface area (Å²) in [5.41, 5.74) is 6.31. The van der Waals surface area contributed by atoms with E-state index in [-0.39, 0.29) is 6.17 Å². The van der Waals surface area contributed by atoms with Crippen LogP contribution < -0.4 is 9.80 Å². The van der Waals surface area contributed by atoms with Gasteiger partial charge in [0.25, 0.3) is 0 Å². The molecular weight excluding hydrogens is 298 g/mol. The number of imidazole rings is 1. The lowest BCUT2D eigenvalue weighted by Crippen LogP contribution is -2.36. The van der Waals surface area contributed by atoms with Gasteiger partial charge in [-0.15, -0.1) is 0 Å². The molecule has 5 heteroatoms. The normalized spacial score (nSPS) is 17.9. The topological polar surface area (TPSA) is 37.2 Å². The summed E-state index contributed by atoms with van der Waals surface area (Å²) >= 11 is 0. The third kappa shape index (κ3) is 1.59. The zero-order valence-electron chi connectivity index (χ0n) is 14.1. The molecule has 0 saturated heterocycles. The van der Waals surface area contributed by atoms with Crippen molar-refractivity contribution in [2.24, 2.45) is 0 Å². The molecule has 0 N–H and O–H groups in total. The quantitative estimate of drug-likeness (QED) is 0.539. The molecule has 0 unspecified atom stereocenters. The molecule has 0 spiro atoms. The lowest BCUT2D eigenvalue weighted by atomic mass is 10.0. The van der Waals surface area contributed by atoms with Crippen molar-refractivity contribution in [2.45, 2.75) is 26.4 Å². The van der Waals surface area contributed by atoms with Crippen molar-refractivity contribution in [1.82, 2.24) is 14.5 Å². The molecule has 5 rings (SSSR count). The molecule has 0 fully saturated rings. The van der Waals surface area contributed by atoms with Gasteiger partial charge in [-0.05, 0) is 37.6 Å². The van der Waals surface area contributed by atoms with E-state index in [0.717, 1.165) is 18.1 Å². The molecule has 120 valence electrons. The van der Waals surface area contributed by atoms with E-state index in [4.69, 9.17) is 0 Å². The van der Waals surface area contributed by atoms with Crippen molar-refractivity contribution in [2.75, 3.05) is 16.8 Å². The largest absolute Gasteiger partial charge is 0.351 e. The van der Waals surface area contributed by atoms with Crippen molar-refractivity contribution in [1.29, 1.82) is 0 Å². The number of anilines is 3. The third-order valence-corrected chi connectivity index (χ3v) is 5.32. The minimum absolute atomic E-state index is 0.230. The minimum Gasteiger partial charge on any atom is -0.351 e. The maximum atomic E-state index is 4.68. The Bertz CT molecular complexity index is 958. The first kappa shape index (κ1) is 13.6. The Hall–Kier alpha value is -2.82. The summed E-state index contributed by atoms with van der Waals surface area (Å²) in [4.78, 5) is 13.8. The van der Waals surface area contributed by atoms with Crippen LogP contribution in [0.4, 0.5) is 17.2 Å². The fourth-order valence-corrected chi connectivity index (χ4v) is 4.01. The number of aryl methyl sites for hydroxylation is 1.